The van der Waals surface area contributed by atoms with Gasteiger partial charge in [-0.2, -0.15) is 0 Å². The fourth-order valence-corrected chi connectivity index (χ4v) is 1.71. The summed E-state index contributed by atoms with van der Waals surface area (Å²) in [5.41, 5.74) is 6.25. The molecular weight excluding hydrogens is 245 g/mol. The first-order valence-corrected chi connectivity index (χ1v) is 6.39. The van der Waals surface area contributed by atoms with Gasteiger partial charge in [0.05, 0.1) is 0 Å². The molecule has 1 rings (SSSR count). The van der Waals surface area contributed by atoms with Crippen molar-refractivity contribution in [2.24, 2.45) is 16.3 Å². The second-order valence-electron chi connectivity index (χ2n) is 5.25. The van der Waals surface area contributed by atoms with Crippen LogP contribution >= 0.6 is 0 Å². The molecule has 4 N–H and O–H groups in total. The van der Waals surface area contributed by atoms with Crippen LogP contribution in [0.3, 0.4) is 0 Å². The minimum atomic E-state index is -0.333. The van der Waals surface area contributed by atoms with Crippen LogP contribution in [0.15, 0.2) is 29.4 Å². The van der Waals surface area contributed by atoms with Gasteiger partial charge in [0.1, 0.15) is 11.7 Å². The van der Waals surface area contributed by atoms with E-state index in [2.05, 4.69) is 10.5 Å². The van der Waals surface area contributed by atoms with Crippen molar-refractivity contribution >= 4 is 5.84 Å². The first kappa shape index (κ1) is 15.4. The molecule has 0 aromatic heterocycles. The van der Waals surface area contributed by atoms with Crippen LogP contribution in [0.4, 0.5) is 4.39 Å². The number of oxime groups is 1. The van der Waals surface area contributed by atoms with Gasteiger partial charge in [0.2, 0.25) is 0 Å². The Labute approximate surface area is 113 Å². The molecule has 0 aliphatic heterocycles. The molecule has 0 radical (unpaired) electrons. The van der Waals surface area contributed by atoms with Gasteiger partial charge >= 0.3 is 0 Å². The van der Waals surface area contributed by atoms with E-state index >= 15 is 0 Å². The number of amidine groups is 1. The zero-order valence-corrected chi connectivity index (χ0v) is 11.5. The molecule has 1 aromatic carbocycles. The van der Waals surface area contributed by atoms with Gasteiger partial charge in [-0.15, -0.1) is 0 Å². The van der Waals surface area contributed by atoms with E-state index < -0.39 is 0 Å². The Bertz CT molecular complexity index is 432. The van der Waals surface area contributed by atoms with Crippen LogP contribution in [0, 0.1) is 11.2 Å². The molecule has 0 saturated heterocycles. The van der Waals surface area contributed by atoms with E-state index in [1.165, 1.54) is 6.07 Å². The van der Waals surface area contributed by atoms with Gasteiger partial charge in [-0.25, -0.2) is 4.39 Å². The molecule has 5 heteroatoms. The lowest BCUT2D eigenvalue weighted by Gasteiger charge is -2.22. The number of hydrogen-bond acceptors (Lipinski definition) is 3. The highest BCUT2D eigenvalue weighted by molar-refractivity contribution is 5.85. The van der Waals surface area contributed by atoms with E-state index in [4.69, 9.17) is 10.9 Å². The quantitative estimate of drug-likeness (QED) is 0.233. The highest BCUT2D eigenvalue weighted by Gasteiger charge is 2.22. The number of nitrogens with zero attached hydrogens (tertiary/aromatic N) is 1. The molecule has 0 heterocycles. The lowest BCUT2D eigenvalue weighted by molar-refractivity contribution is 0.305. The zero-order chi connectivity index (χ0) is 14.3. The zero-order valence-electron chi connectivity index (χ0n) is 11.5. The molecule has 106 valence electrons. The third-order valence-electron chi connectivity index (χ3n) is 3.21. The van der Waals surface area contributed by atoms with Crippen LogP contribution in [0.2, 0.25) is 0 Å². The maximum atomic E-state index is 13.0. The average Bonchev–Trinajstić information content (AvgIpc) is 2.37. The minimum absolute atomic E-state index is 0.203. The normalized spacial score (nSPS) is 12.7. The molecule has 1 aromatic rings. The van der Waals surface area contributed by atoms with Gasteiger partial charge in [0.15, 0.2) is 0 Å². The Morgan fingerprint density at radius 3 is 2.79 bits per heavy atom. The Morgan fingerprint density at radius 2 is 2.16 bits per heavy atom. The summed E-state index contributed by atoms with van der Waals surface area (Å²) in [4.78, 5) is 0. The van der Waals surface area contributed by atoms with Crippen LogP contribution in [0.5, 0.6) is 0 Å². The van der Waals surface area contributed by atoms with Gasteiger partial charge in [-0.05, 0) is 43.6 Å². The second kappa shape index (κ2) is 7.09. The van der Waals surface area contributed by atoms with E-state index in [-0.39, 0.29) is 17.1 Å². The summed E-state index contributed by atoms with van der Waals surface area (Å²) in [7, 11) is 0. The summed E-state index contributed by atoms with van der Waals surface area (Å²) in [6.07, 6.45) is 1.55. The molecule has 0 amide bonds. The molecular formula is C14H22FN3O. The largest absolute Gasteiger partial charge is 0.409 e. The van der Waals surface area contributed by atoms with Crippen LogP contribution in [-0.4, -0.2) is 24.1 Å². The molecule has 0 bridgehead atoms. The van der Waals surface area contributed by atoms with Crippen molar-refractivity contribution in [2.45, 2.75) is 26.7 Å². The van der Waals surface area contributed by atoms with Crippen molar-refractivity contribution in [2.75, 3.05) is 13.1 Å². The molecule has 0 atom stereocenters. The summed E-state index contributed by atoms with van der Waals surface area (Å²) in [6.45, 7) is 5.39. The maximum Gasteiger partial charge on any atom is 0.144 e. The molecule has 0 aliphatic carbocycles. The standard InChI is InChI=1S/C14H22FN3O/c1-14(2,13(16)18-19)7-9-17-8-6-11-4-3-5-12(15)10-11/h3-5,10,17,19H,6-9H2,1-2H3,(H2,16,18). The Morgan fingerprint density at radius 1 is 1.42 bits per heavy atom. The predicted molar refractivity (Wildman–Crippen MR) is 74.8 cm³/mol. The summed E-state index contributed by atoms with van der Waals surface area (Å²) >= 11 is 0. The van der Waals surface area contributed by atoms with Crippen LogP contribution in [0.1, 0.15) is 25.8 Å². The van der Waals surface area contributed by atoms with Crippen molar-refractivity contribution in [3.63, 3.8) is 0 Å². The highest BCUT2D eigenvalue weighted by atomic mass is 19.1. The SMILES string of the molecule is CC(C)(CCNCCc1cccc(F)c1)C(N)=NO. The second-order valence-corrected chi connectivity index (χ2v) is 5.25. The van der Waals surface area contributed by atoms with Crippen molar-refractivity contribution < 1.29 is 9.60 Å². The third kappa shape index (κ3) is 5.26. The lowest BCUT2D eigenvalue weighted by Crippen LogP contribution is -2.35. The fourth-order valence-electron chi connectivity index (χ4n) is 1.71. The third-order valence-corrected chi connectivity index (χ3v) is 3.21. The molecule has 0 fully saturated rings. The van der Waals surface area contributed by atoms with E-state index in [9.17, 15) is 4.39 Å². The highest BCUT2D eigenvalue weighted by Crippen LogP contribution is 2.19. The first-order chi connectivity index (χ1) is 8.95. The maximum absolute atomic E-state index is 13.0. The predicted octanol–water partition coefficient (Wildman–Crippen LogP) is 2.12. The molecule has 0 spiro atoms. The van der Waals surface area contributed by atoms with Crippen molar-refractivity contribution in [3.05, 3.63) is 35.6 Å². The van der Waals surface area contributed by atoms with Crippen LogP contribution in [0.25, 0.3) is 0 Å². The number of nitrogens with one attached hydrogen (secondary N) is 1. The van der Waals surface area contributed by atoms with Crippen molar-refractivity contribution in [1.29, 1.82) is 0 Å². The Balaban J connectivity index is 2.25. The number of hydrogen-bond donors (Lipinski definition) is 3. The average molecular weight is 267 g/mol. The number of benzene rings is 1. The minimum Gasteiger partial charge on any atom is -0.409 e. The Hall–Kier alpha value is -1.62. The molecule has 4 nitrogen and oxygen atoms in total. The van der Waals surface area contributed by atoms with Gasteiger partial charge in [-0.1, -0.05) is 31.1 Å². The van der Waals surface area contributed by atoms with Gasteiger partial charge in [0, 0.05) is 5.41 Å². The lowest BCUT2D eigenvalue weighted by atomic mass is 9.88. The van der Waals surface area contributed by atoms with Gasteiger partial charge in [-0.3, -0.25) is 0 Å². The Kier molecular flexibility index (Phi) is 5.76. The van der Waals surface area contributed by atoms with E-state index in [1.54, 1.807) is 12.1 Å². The monoisotopic (exact) mass is 267 g/mol. The summed E-state index contributed by atoms with van der Waals surface area (Å²) in [5, 5.41) is 15.0. The van der Waals surface area contributed by atoms with E-state index in [1.807, 2.05) is 19.9 Å². The summed E-state index contributed by atoms with van der Waals surface area (Å²) in [5.74, 6) is 0.0324. The topological polar surface area (TPSA) is 70.6 Å². The molecule has 19 heavy (non-hydrogen) atoms. The van der Waals surface area contributed by atoms with Crippen LogP contribution < -0.4 is 11.1 Å². The van der Waals surface area contributed by atoms with Crippen LogP contribution in [-0.2, 0) is 6.42 Å². The number of rotatable bonds is 7. The smallest absolute Gasteiger partial charge is 0.144 e. The first-order valence-electron chi connectivity index (χ1n) is 6.39. The van der Waals surface area contributed by atoms with Crippen molar-refractivity contribution in [1.82, 2.24) is 5.32 Å². The fraction of sp³-hybridized carbons (Fsp3) is 0.500. The van der Waals surface area contributed by atoms with E-state index in [0.29, 0.717) is 0 Å². The van der Waals surface area contributed by atoms with E-state index in [0.717, 1.165) is 31.5 Å². The molecule has 0 unspecified atom stereocenters. The summed E-state index contributed by atoms with van der Waals surface area (Å²) in [6, 6.07) is 6.61. The van der Waals surface area contributed by atoms with Gasteiger partial charge in [0.25, 0.3) is 0 Å². The summed E-state index contributed by atoms with van der Waals surface area (Å²) < 4.78 is 13.0. The molecule has 0 aliphatic rings. The number of nitrogens with two attached hydrogens (primary N) is 1. The molecule has 0 saturated carbocycles. The van der Waals surface area contributed by atoms with Crippen molar-refractivity contribution in [3.8, 4) is 0 Å². The van der Waals surface area contributed by atoms with Gasteiger partial charge < -0.3 is 16.3 Å². The number of halogens is 1.